The third-order valence-corrected chi connectivity index (χ3v) is 1.98. The predicted molar refractivity (Wildman–Crippen MR) is 45.1 cm³/mol. The topological polar surface area (TPSA) is 40.1 Å². The van der Waals surface area contributed by atoms with E-state index in [1.54, 1.807) is 10.3 Å². The molecule has 0 amide bonds. The van der Waals surface area contributed by atoms with Crippen LogP contribution in [0.3, 0.4) is 0 Å². The summed E-state index contributed by atoms with van der Waals surface area (Å²) < 4.78 is 30.5. The summed E-state index contributed by atoms with van der Waals surface area (Å²) in [4.78, 5) is 1.76. The molecule has 0 unspecified atom stereocenters. The lowest BCUT2D eigenvalue weighted by molar-refractivity contribution is -0.0308. The van der Waals surface area contributed by atoms with E-state index in [9.17, 15) is 8.87 Å². The van der Waals surface area contributed by atoms with Gasteiger partial charge in [-0.15, -0.1) is 5.10 Å². The first kappa shape index (κ1) is 9.20. The molecule has 1 fully saturated rings. The minimum atomic E-state index is -0.760. The molecule has 2 rings (SSSR count). The molecule has 0 bridgehead atoms. The quantitative estimate of drug-likeness (QED) is 0.450. The molecule has 78 valence electrons. The lowest BCUT2D eigenvalue weighted by atomic mass is 10.4. The highest BCUT2D eigenvalue weighted by Crippen LogP contribution is 2.08. The van der Waals surface area contributed by atoms with Crippen molar-refractivity contribution in [3.63, 3.8) is 0 Å². The first-order valence-corrected chi connectivity index (χ1v) is 4.27. The molecule has 0 radical (unpaired) electrons. The van der Waals surface area contributed by atoms with Gasteiger partial charge in [-0.05, 0) is 5.34 Å². The van der Waals surface area contributed by atoms with Crippen LogP contribution in [0, 0.1) is 0 Å². The van der Waals surface area contributed by atoms with Crippen molar-refractivity contribution >= 4 is 5.84 Å². The van der Waals surface area contributed by atoms with Crippen LogP contribution >= 0.6 is 0 Å². The lowest BCUT2D eigenvalue weighted by Crippen LogP contribution is -2.43. The summed E-state index contributed by atoms with van der Waals surface area (Å²) in [6.45, 7) is 2.29. The van der Waals surface area contributed by atoms with E-state index in [2.05, 4.69) is 5.10 Å². The molecule has 2 aliphatic rings. The van der Waals surface area contributed by atoms with Gasteiger partial charge in [-0.25, -0.2) is 5.43 Å². The normalized spacial score (nSPS) is 22.7. The maximum Gasteiger partial charge on any atom is 0.212 e. The van der Waals surface area contributed by atoms with Gasteiger partial charge in [0.1, 0.15) is 0 Å². The van der Waals surface area contributed by atoms with Crippen molar-refractivity contribution in [2.75, 3.05) is 26.3 Å². The van der Waals surface area contributed by atoms with Gasteiger partial charge in [0, 0.05) is 19.2 Å². The molecule has 0 atom stereocenters. The second-order valence-corrected chi connectivity index (χ2v) is 2.92. The summed E-state index contributed by atoms with van der Waals surface area (Å²) >= 11 is 0. The number of hydrazine groups is 1. The Balaban J connectivity index is 2.08. The Morgan fingerprint density at radius 2 is 2.14 bits per heavy atom. The number of amidine groups is 1. The highest BCUT2D eigenvalue weighted by molar-refractivity contribution is 5.93. The fraction of sp³-hybridized carbons (Fsp3) is 0.571. The number of rotatable bonds is 0. The van der Waals surface area contributed by atoms with Gasteiger partial charge in [-0.3, -0.25) is 0 Å². The average Bonchev–Trinajstić information content (AvgIpc) is 2.18. The summed E-state index contributed by atoms with van der Waals surface area (Å²) in [7, 11) is 0. The summed E-state index contributed by atoms with van der Waals surface area (Å²) in [6.07, 6.45) is 1.15. The Labute approximate surface area is 79.5 Å². The third-order valence-electron chi connectivity index (χ3n) is 1.98. The zero-order valence-electron chi connectivity index (χ0n) is 7.41. The summed E-state index contributed by atoms with van der Waals surface area (Å²) in [5.74, 6) is -0.490. The van der Waals surface area contributed by atoms with Crippen molar-refractivity contribution in [3.8, 4) is 0 Å². The van der Waals surface area contributed by atoms with Crippen LogP contribution in [-0.2, 0) is 4.74 Å². The molecular weight excluding hydrogens is 194 g/mol. The Morgan fingerprint density at radius 3 is 2.79 bits per heavy atom. The molecule has 2 heterocycles. The van der Waals surface area contributed by atoms with Gasteiger partial charge < -0.3 is 9.64 Å². The SMILES string of the molecule is FC1=CC(N2CCOCC2)=NN(F)N1. The van der Waals surface area contributed by atoms with Gasteiger partial charge in [0.25, 0.3) is 0 Å². The van der Waals surface area contributed by atoms with Gasteiger partial charge >= 0.3 is 0 Å². The Morgan fingerprint density at radius 1 is 1.43 bits per heavy atom. The molecule has 7 heteroatoms. The molecule has 0 aromatic heterocycles. The Bertz CT molecular complexity index is 275. The molecule has 1 N–H and O–H groups in total. The Kier molecular flexibility index (Phi) is 2.49. The van der Waals surface area contributed by atoms with Crippen molar-refractivity contribution in [2.24, 2.45) is 5.10 Å². The van der Waals surface area contributed by atoms with Gasteiger partial charge in [-0.1, -0.05) is 4.48 Å². The van der Waals surface area contributed by atoms with Crippen LogP contribution < -0.4 is 5.43 Å². The van der Waals surface area contributed by atoms with Crippen molar-refractivity contribution < 1.29 is 13.6 Å². The summed E-state index contributed by atoms with van der Waals surface area (Å²) in [5, 5.41) is 3.34. The average molecular weight is 204 g/mol. The molecule has 0 saturated carbocycles. The molecular formula is C7H10F2N4O. The van der Waals surface area contributed by atoms with E-state index in [-0.39, 0.29) is 11.2 Å². The first-order valence-electron chi connectivity index (χ1n) is 4.27. The van der Waals surface area contributed by atoms with Crippen LogP contribution in [0.2, 0.25) is 0 Å². The smallest absolute Gasteiger partial charge is 0.212 e. The molecule has 0 spiro atoms. The van der Waals surface area contributed by atoms with Crippen molar-refractivity contribution in [1.29, 1.82) is 0 Å². The number of nitrogens with one attached hydrogen (secondary N) is 1. The molecule has 2 aliphatic heterocycles. The second kappa shape index (κ2) is 3.79. The van der Waals surface area contributed by atoms with Crippen molar-refractivity contribution in [2.45, 2.75) is 0 Å². The lowest BCUT2D eigenvalue weighted by Gasteiger charge is -2.30. The highest BCUT2D eigenvalue weighted by Gasteiger charge is 2.19. The van der Waals surface area contributed by atoms with E-state index in [4.69, 9.17) is 4.74 Å². The summed E-state index contributed by atoms with van der Waals surface area (Å²) in [6, 6.07) is 0. The molecule has 5 nitrogen and oxygen atoms in total. The van der Waals surface area contributed by atoms with E-state index in [0.29, 0.717) is 26.3 Å². The van der Waals surface area contributed by atoms with Crippen LogP contribution in [0.25, 0.3) is 0 Å². The highest BCUT2D eigenvalue weighted by atomic mass is 19.2. The zero-order chi connectivity index (χ0) is 9.97. The number of hydrogen-bond donors (Lipinski definition) is 1. The predicted octanol–water partition coefficient (Wildman–Crippen LogP) is 0.148. The molecule has 0 aromatic carbocycles. The number of hydrogen-bond acceptors (Lipinski definition) is 5. The van der Waals surface area contributed by atoms with Gasteiger partial charge in [0.05, 0.1) is 13.2 Å². The summed E-state index contributed by atoms with van der Waals surface area (Å²) in [5.41, 5.74) is 1.76. The fourth-order valence-electron chi connectivity index (χ4n) is 1.32. The minimum absolute atomic E-state index is 0.139. The van der Waals surface area contributed by atoms with E-state index >= 15 is 0 Å². The Hall–Kier alpha value is -1.37. The number of nitrogens with zero attached hydrogens (tertiary/aromatic N) is 3. The van der Waals surface area contributed by atoms with Crippen LogP contribution in [0.1, 0.15) is 0 Å². The standard InChI is InChI=1S/C7H10F2N4O/c8-6-5-7(11-13(9)10-6)12-1-3-14-4-2-12/h5,10H,1-4H2. The maximum atomic E-state index is 12.8. The van der Waals surface area contributed by atoms with Crippen molar-refractivity contribution in [3.05, 3.63) is 12.0 Å². The number of halogens is 2. The minimum Gasteiger partial charge on any atom is -0.378 e. The third kappa shape index (κ3) is 1.92. The van der Waals surface area contributed by atoms with Crippen molar-refractivity contribution in [1.82, 2.24) is 15.7 Å². The maximum absolute atomic E-state index is 12.8. The van der Waals surface area contributed by atoms with E-state index in [1.807, 2.05) is 0 Å². The fourth-order valence-corrected chi connectivity index (χ4v) is 1.32. The second-order valence-electron chi connectivity index (χ2n) is 2.92. The number of ether oxygens (including phenoxy) is 1. The van der Waals surface area contributed by atoms with E-state index < -0.39 is 5.95 Å². The molecule has 0 aliphatic carbocycles. The van der Waals surface area contributed by atoms with Crippen LogP contribution in [0.4, 0.5) is 8.87 Å². The molecule has 14 heavy (non-hydrogen) atoms. The van der Waals surface area contributed by atoms with E-state index in [1.165, 1.54) is 0 Å². The van der Waals surface area contributed by atoms with Gasteiger partial charge in [0.2, 0.25) is 5.95 Å². The van der Waals surface area contributed by atoms with Gasteiger partial charge in [0.15, 0.2) is 5.84 Å². The largest absolute Gasteiger partial charge is 0.378 e. The van der Waals surface area contributed by atoms with Crippen LogP contribution in [0.15, 0.2) is 17.1 Å². The monoisotopic (exact) mass is 204 g/mol. The van der Waals surface area contributed by atoms with Crippen LogP contribution in [-0.4, -0.2) is 42.4 Å². The van der Waals surface area contributed by atoms with Gasteiger partial charge in [-0.2, -0.15) is 4.39 Å². The first-order chi connectivity index (χ1) is 6.75. The van der Waals surface area contributed by atoms with E-state index in [0.717, 1.165) is 6.08 Å². The number of hydrazone groups is 1. The molecule has 1 saturated heterocycles. The zero-order valence-corrected chi connectivity index (χ0v) is 7.41. The van der Waals surface area contributed by atoms with Crippen LogP contribution in [0.5, 0.6) is 0 Å². The molecule has 0 aromatic rings. The number of morpholine rings is 1.